The van der Waals surface area contributed by atoms with Crippen LogP contribution in [-0.4, -0.2) is 18.7 Å². The van der Waals surface area contributed by atoms with E-state index in [0.29, 0.717) is 30.1 Å². The van der Waals surface area contributed by atoms with Crippen LogP contribution in [-0.2, 0) is 6.61 Å². The highest BCUT2D eigenvalue weighted by Crippen LogP contribution is 2.18. The van der Waals surface area contributed by atoms with Crippen LogP contribution in [0.25, 0.3) is 0 Å². The van der Waals surface area contributed by atoms with E-state index in [4.69, 9.17) is 14.7 Å². The molecule has 31 heavy (non-hydrogen) atoms. The van der Waals surface area contributed by atoms with Crippen molar-refractivity contribution < 1.29 is 14.3 Å². The third kappa shape index (κ3) is 6.44. The Balaban J connectivity index is 1.59. The normalized spacial score (nSPS) is 10.5. The van der Waals surface area contributed by atoms with Crippen molar-refractivity contribution in [1.82, 2.24) is 5.43 Å². The van der Waals surface area contributed by atoms with Gasteiger partial charge in [0.1, 0.15) is 18.1 Å². The smallest absolute Gasteiger partial charge is 0.271 e. The summed E-state index contributed by atoms with van der Waals surface area (Å²) in [6.07, 6.45) is 2.46. The van der Waals surface area contributed by atoms with Gasteiger partial charge in [0.15, 0.2) is 0 Å². The van der Waals surface area contributed by atoms with Crippen molar-refractivity contribution in [3.63, 3.8) is 0 Å². The van der Waals surface area contributed by atoms with Gasteiger partial charge in [-0.3, -0.25) is 4.79 Å². The second-order valence-corrected chi connectivity index (χ2v) is 6.71. The van der Waals surface area contributed by atoms with Crippen LogP contribution in [0.1, 0.15) is 40.4 Å². The van der Waals surface area contributed by atoms with Crippen LogP contribution < -0.4 is 14.9 Å². The maximum Gasteiger partial charge on any atom is 0.271 e. The molecule has 0 saturated heterocycles. The van der Waals surface area contributed by atoms with E-state index in [2.05, 4.69) is 16.6 Å². The molecule has 0 saturated carbocycles. The maximum atomic E-state index is 12.3. The zero-order valence-corrected chi connectivity index (χ0v) is 17.2. The number of hydrogen-bond acceptors (Lipinski definition) is 5. The molecule has 0 fully saturated rings. The average molecular weight is 413 g/mol. The molecule has 0 aliphatic rings. The van der Waals surface area contributed by atoms with E-state index in [9.17, 15) is 4.79 Å². The van der Waals surface area contributed by atoms with Crippen LogP contribution >= 0.6 is 0 Å². The van der Waals surface area contributed by atoms with E-state index in [1.807, 2.05) is 43.3 Å². The zero-order chi connectivity index (χ0) is 21.9. The summed E-state index contributed by atoms with van der Waals surface area (Å²) in [6.45, 7) is 3.00. The monoisotopic (exact) mass is 413 g/mol. The number of benzene rings is 3. The lowest BCUT2D eigenvalue weighted by atomic mass is 10.1. The highest BCUT2D eigenvalue weighted by atomic mass is 16.5. The van der Waals surface area contributed by atoms with Gasteiger partial charge in [0.25, 0.3) is 5.91 Å². The lowest BCUT2D eigenvalue weighted by molar-refractivity contribution is 0.0955. The Morgan fingerprint density at radius 3 is 2.65 bits per heavy atom. The van der Waals surface area contributed by atoms with Crippen LogP contribution in [0.3, 0.4) is 0 Å². The summed E-state index contributed by atoms with van der Waals surface area (Å²) < 4.78 is 11.4. The summed E-state index contributed by atoms with van der Waals surface area (Å²) >= 11 is 0. The molecule has 0 aliphatic carbocycles. The minimum atomic E-state index is -0.315. The first-order chi connectivity index (χ1) is 15.2. The predicted octanol–water partition coefficient (Wildman–Crippen LogP) is 4.69. The zero-order valence-electron chi connectivity index (χ0n) is 17.2. The summed E-state index contributed by atoms with van der Waals surface area (Å²) in [7, 11) is 0. The quantitative estimate of drug-likeness (QED) is 0.407. The molecular weight excluding hydrogens is 390 g/mol. The molecule has 0 spiro atoms. The second kappa shape index (κ2) is 11.2. The highest BCUT2D eigenvalue weighted by molar-refractivity contribution is 5.95. The third-order valence-electron chi connectivity index (χ3n) is 4.33. The van der Waals surface area contributed by atoms with E-state index in [1.165, 1.54) is 6.21 Å². The first-order valence-corrected chi connectivity index (χ1v) is 9.96. The molecule has 6 heteroatoms. The Kier molecular flexibility index (Phi) is 7.78. The molecule has 1 amide bonds. The van der Waals surface area contributed by atoms with Crippen LogP contribution in [0, 0.1) is 11.3 Å². The fourth-order valence-electron chi connectivity index (χ4n) is 2.76. The minimum absolute atomic E-state index is 0.315. The summed E-state index contributed by atoms with van der Waals surface area (Å²) in [5, 5.41) is 13.1. The lowest BCUT2D eigenvalue weighted by Crippen LogP contribution is -2.17. The number of carbonyl (C=O) groups excluding carboxylic acids is 1. The van der Waals surface area contributed by atoms with Gasteiger partial charge in [0.05, 0.1) is 24.5 Å². The molecule has 156 valence electrons. The van der Waals surface area contributed by atoms with Crippen molar-refractivity contribution in [2.75, 3.05) is 6.61 Å². The number of ether oxygens (including phenoxy) is 2. The van der Waals surface area contributed by atoms with Gasteiger partial charge in [-0.25, -0.2) is 5.43 Å². The largest absolute Gasteiger partial charge is 0.494 e. The number of nitrogens with one attached hydrogen (secondary N) is 1. The van der Waals surface area contributed by atoms with Crippen LogP contribution in [0.15, 0.2) is 77.9 Å². The molecule has 6 nitrogen and oxygen atoms in total. The van der Waals surface area contributed by atoms with Crippen LogP contribution in [0.5, 0.6) is 11.5 Å². The molecule has 0 atom stereocenters. The summed E-state index contributed by atoms with van der Waals surface area (Å²) in [5.41, 5.74) is 5.22. The van der Waals surface area contributed by atoms with Crippen molar-refractivity contribution in [3.8, 4) is 17.6 Å². The van der Waals surface area contributed by atoms with Crippen molar-refractivity contribution in [2.45, 2.75) is 20.0 Å². The predicted molar refractivity (Wildman–Crippen MR) is 119 cm³/mol. The Hall–Kier alpha value is -4.11. The first-order valence-electron chi connectivity index (χ1n) is 9.96. The minimum Gasteiger partial charge on any atom is -0.494 e. The van der Waals surface area contributed by atoms with Crippen LogP contribution in [0.2, 0.25) is 0 Å². The van der Waals surface area contributed by atoms with Gasteiger partial charge in [-0.1, -0.05) is 31.2 Å². The highest BCUT2D eigenvalue weighted by Gasteiger charge is 2.06. The lowest BCUT2D eigenvalue weighted by Gasteiger charge is -2.09. The number of amides is 1. The molecule has 3 aromatic rings. The SMILES string of the molecule is CCCOc1ccc(C(=O)N/N=C/c2ccccc2OCc2cccc(C#N)c2)cc1. The van der Waals surface area contributed by atoms with Gasteiger partial charge in [-0.2, -0.15) is 10.4 Å². The first kappa shape index (κ1) is 21.6. The Labute approximate surface area is 181 Å². The van der Waals surface area contributed by atoms with Gasteiger partial charge < -0.3 is 9.47 Å². The van der Waals surface area contributed by atoms with Gasteiger partial charge >= 0.3 is 0 Å². The Morgan fingerprint density at radius 1 is 1.06 bits per heavy atom. The molecule has 1 N–H and O–H groups in total. The van der Waals surface area contributed by atoms with E-state index < -0.39 is 0 Å². The molecule has 0 aliphatic heterocycles. The van der Waals surface area contributed by atoms with E-state index in [-0.39, 0.29) is 5.91 Å². The average Bonchev–Trinajstić information content (AvgIpc) is 2.82. The van der Waals surface area contributed by atoms with Gasteiger partial charge in [0.2, 0.25) is 0 Å². The van der Waals surface area contributed by atoms with E-state index in [0.717, 1.165) is 23.3 Å². The number of hydrogen-bond donors (Lipinski definition) is 1. The van der Waals surface area contributed by atoms with Gasteiger partial charge in [-0.15, -0.1) is 0 Å². The van der Waals surface area contributed by atoms with Crippen molar-refractivity contribution in [1.29, 1.82) is 5.26 Å². The van der Waals surface area contributed by atoms with Crippen molar-refractivity contribution in [3.05, 3.63) is 95.1 Å². The molecule has 3 aromatic carbocycles. The Bertz CT molecular complexity index is 1090. The number of nitrogens with zero attached hydrogens (tertiary/aromatic N) is 2. The second-order valence-electron chi connectivity index (χ2n) is 6.71. The number of rotatable bonds is 9. The molecule has 0 heterocycles. The van der Waals surface area contributed by atoms with E-state index in [1.54, 1.807) is 36.4 Å². The number of para-hydroxylation sites is 1. The van der Waals surface area contributed by atoms with E-state index >= 15 is 0 Å². The topological polar surface area (TPSA) is 83.7 Å². The molecule has 0 bridgehead atoms. The van der Waals surface area contributed by atoms with Crippen LogP contribution in [0.4, 0.5) is 0 Å². The fraction of sp³-hybridized carbons (Fsp3) is 0.160. The molecule has 0 aromatic heterocycles. The summed E-state index contributed by atoms with van der Waals surface area (Å²) in [4.78, 5) is 12.3. The molecule has 0 radical (unpaired) electrons. The van der Waals surface area contributed by atoms with Crippen molar-refractivity contribution in [2.24, 2.45) is 5.10 Å². The maximum absolute atomic E-state index is 12.3. The van der Waals surface area contributed by atoms with Gasteiger partial charge in [0, 0.05) is 11.1 Å². The standard InChI is InChI=1S/C25H23N3O3/c1-2-14-30-23-12-10-21(11-13-23)25(29)28-27-17-22-8-3-4-9-24(22)31-18-20-7-5-6-19(15-20)16-26/h3-13,15,17H,2,14,18H2,1H3,(H,28,29)/b27-17+. The Morgan fingerprint density at radius 2 is 1.87 bits per heavy atom. The molecular formula is C25H23N3O3. The fourth-order valence-corrected chi connectivity index (χ4v) is 2.76. The summed E-state index contributed by atoms with van der Waals surface area (Å²) in [5.74, 6) is 1.04. The van der Waals surface area contributed by atoms with Crippen molar-refractivity contribution >= 4 is 12.1 Å². The van der Waals surface area contributed by atoms with Gasteiger partial charge in [-0.05, 0) is 60.5 Å². The molecule has 3 rings (SSSR count). The third-order valence-corrected chi connectivity index (χ3v) is 4.33. The number of hydrazone groups is 1. The number of carbonyl (C=O) groups is 1. The molecule has 0 unspecified atom stereocenters. The summed E-state index contributed by atoms with van der Waals surface area (Å²) in [6, 6.07) is 23.7. The number of nitriles is 1.